The predicted molar refractivity (Wildman–Crippen MR) is 111 cm³/mol. The topological polar surface area (TPSA) is 59.3 Å². The number of nitrogens with zero attached hydrogens (tertiary/aromatic N) is 3. The van der Waals surface area contributed by atoms with Crippen molar-refractivity contribution in [1.29, 1.82) is 0 Å². The van der Waals surface area contributed by atoms with Gasteiger partial charge in [0.25, 0.3) is 0 Å². The summed E-state index contributed by atoms with van der Waals surface area (Å²) >= 11 is 0. The number of aromatic nitrogens is 3. The van der Waals surface area contributed by atoms with Crippen LogP contribution in [-0.2, 0) is 11.2 Å². The maximum absolute atomic E-state index is 13.8. The standard InChI is InChI=1S/C23H20F2N4O/c1-13-18(12-21(30)27-20-10-9-17(24)11-19(20)25)15(3)29-23(26-13)22(14(2)28-29)16-7-5-4-6-8-16/h4-11H,12H2,1-3H3,(H,27,30). The lowest BCUT2D eigenvalue weighted by molar-refractivity contribution is -0.115. The van der Waals surface area contributed by atoms with E-state index in [1.165, 1.54) is 6.07 Å². The predicted octanol–water partition coefficient (Wildman–Crippen LogP) is 4.78. The summed E-state index contributed by atoms with van der Waals surface area (Å²) in [7, 11) is 0. The van der Waals surface area contributed by atoms with Gasteiger partial charge in [-0.25, -0.2) is 18.3 Å². The number of benzene rings is 2. The Hall–Kier alpha value is -3.61. The van der Waals surface area contributed by atoms with Crippen molar-refractivity contribution in [3.8, 4) is 11.1 Å². The number of hydrogen-bond acceptors (Lipinski definition) is 3. The average molecular weight is 406 g/mol. The van der Waals surface area contributed by atoms with Gasteiger partial charge in [-0.2, -0.15) is 5.10 Å². The van der Waals surface area contributed by atoms with Crippen LogP contribution < -0.4 is 5.32 Å². The lowest BCUT2D eigenvalue weighted by Gasteiger charge is -2.12. The molecule has 0 aliphatic rings. The number of carbonyl (C=O) groups excluding carboxylic acids is 1. The Morgan fingerprint density at radius 3 is 2.47 bits per heavy atom. The van der Waals surface area contributed by atoms with Crippen LogP contribution in [0.5, 0.6) is 0 Å². The van der Waals surface area contributed by atoms with E-state index < -0.39 is 17.5 Å². The van der Waals surface area contributed by atoms with Crippen LogP contribution in [0.1, 0.15) is 22.6 Å². The quantitative estimate of drug-likeness (QED) is 0.531. The Balaban J connectivity index is 1.69. The lowest BCUT2D eigenvalue weighted by atomic mass is 10.1. The zero-order valence-electron chi connectivity index (χ0n) is 16.8. The van der Waals surface area contributed by atoms with E-state index in [1.807, 2.05) is 51.1 Å². The van der Waals surface area contributed by atoms with Crippen molar-refractivity contribution in [2.45, 2.75) is 27.2 Å². The highest BCUT2D eigenvalue weighted by atomic mass is 19.1. The second-order valence-electron chi connectivity index (χ2n) is 7.17. The molecule has 0 bridgehead atoms. The van der Waals surface area contributed by atoms with Gasteiger partial charge in [-0.15, -0.1) is 0 Å². The molecule has 0 saturated carbocycles. The molecule has 1 N–H and O–H groups in total. The van der Waals surface area contributed by atoms with Crippen molar-refractivity contribution in [2.24, 2.45) is 0 Å². The fourth-order valence-corrected chi connectivity index (χ4v) is 3.61. The number of fused-ring (bicyclic) bond motifs is 1. The van der Waals surface area contributed by atoms with Crippen molar-refractivity contribution in [3.05, 3.63) is 82.8 Å². The smallest absolute Gasteiger partial charge is 0.229 e. The molecule has 0 fully saturated rings. The molecule has 0 unspecified atom stereocenters. The van der Waals surface area contributed by atoms with E-state index in [-0.39, 0.29) is 12.1 Å². The monoisotopic (exact) mass is 406 g/mol. The van der Waals surface area contributed by atoms with Crippen LogP contribution in [-0.4, -0.2) is 20.5 Å². The molecular weight excluding hydrogens is 386 g/mol. The number of rotatable bonds is 4. The molecule has 2 aromatic carbocycles. The Kier molecular flexibility index (Phi) is 5.03. The van der Waals surface area contributed by atoms with Crippen molar-refractivity contribution in [1.82, 2.24) is 14.6 Å². The van der Waals surface area contributed by atoms with E-state index in [0.717, 1.165) is 40.3 Å². The van der Waals surface area contributed by atoms with E-state index >= 15 is 0 Å². The third-order valence-corrected chi connectivity index (χ3v) is 5.11. The van der Waals surface area contributed by atoms with Gasteiger partial charge in [0.2, 0.25) is 5.91 Å². The van der Waals surface area contributed by atoms with Gasteiger partial charge in [-0.1, -0.05) is 30.3 Å². The summed E-state index contributed by atoms with van der Waals surface area (Å²) in [6.45, 7) is 5.64. The van der Waals surface area contributed by atoms with E-state index in [4.69, 9.17) is 4.98 Å². The Labute approximate surface area is 172 Å². The molecule has 0 saturated heterocycles. The normalized spacial score (nSPS) is 11.1. The number of halogens is 2. The first-order valence-electron chi connectivity index (χ1n) is 9.51. The van der Waals surface area contributed by atoms with Gasteiger partial charge in [0, 0.05) is 28.6 Å². The number of anilines is 1. The zero-order valence-corrected chi connectivity index (χ0v) is 16.8. The zero-order chi connectivity index (χ0) is 21.4. The third-order valence-electron chi connectivity index (χ3n) is 5.11. The minimum absolute atomic E-state index is 0.00298. The average Bonchev–Trinajstić information content (AvgIpc) is 3.04. The molecular formula is C23H20F2N4O. The molecule has 0 spiro atoms. The van der Waals surface area contributed by atoms with E-state index in [9.17, 15) is 13.6 Å². The molecule has 152 valence electrons. The Morgan fingerprint density at radius 2 is 1.77 bits per heavy atom. The van der Waals surface area contributed by atoms with E-state index in [1.54, 1.807) is 4.52 Å². The first-order valence-corrected chi connectivity index (χ1v) is 9.51. The van der Waals surface area contributed by atoms with Crippen LogP contribution >= 0.6 is 0 Å². The number of nitrogens with one attached hydrogen (secondary N) is 1. The van der Waals surface area contributed by atoms with Gasteiger partial charge < -0.3 is 5.32 Å². The van der Waals surface area contributed by atoms with Crippen LogP contribution in [0.15, 0.2) is 48.5 Å². The Bertz CT molecular complexity index is 1270. The van der Waals surface area contributed by atoms with Crippen molar-refractivity contribution in [3.63, 3.8) is 0 Å². The minimum atomic E-state index is -0.819. The van der Waals surface area contributed by atoms with Gasteiger partial charge in [-0.3, -0.25) is 4.79 Å². The summed E-state index contributed by atoms with van der Waals surface area (Å²) < 4.78 is 28.7. The maximum Gasteiger partial charge on any atom is 0.229 e. The first kappa shape index (κ1) is 19.7. The highest BCUT2D eigenvalue weighted by Gasteiger charge is 2.19. The van der Waals surface area contributed by atoms with Gasteiger partial charge >= 0.3 is 0 Å². The molecule has 30 heavy (non-hydrogen) atoms. The first-order chi connectivity index (χ1) is 14.3. The second kappa shape index (κ2) is 7.67. The number of amides is 1. The maximum atomic E-state index is 13.8. The second-order valence-corrected chi connectivity index (χ2v) is 7.17. The van der Waals surface area contributed by atoms with E-state index in [0.29, 0.717) is 11.3 Å². The van der Waals surface area contributed by atoms with Crippen LogP contribution in [0.4, 0.5) is 14.5 Å². The fourth-order valence-electron chi connectivity index (χ4n) is 3.61. The molecule has 5 nitrogen and oxygen atoms in total. The summed E-state index contributed by atoms with van der Waals surface area (Å²) in [5.41, 5.74) is 5.68. The summed E-state index contributed by atoms with van der Waals surface area (Å²) in [6.07, 6.45) is -0.00298. The molecule has 2 aromatic heterocycles. The molecule has 0 aliphatic heterocycles. The molecule has 0 atom stereocenters. The number of hydrogen-bond donors (Lipinski definition) is 1. The summed E-state index contributed by atoms with van der Waals surface area (Å²) in [5, 5.41) is 7.12. The lowest BCUT2D eigenvalue weighted by Crippen LogP contribution is -2.18. The molecule has 7 heteroatoms. The summed E-state index contributed by atoms with van der Waals surface area (Å²) in [4.78, 5) is 17.2. The van der Waals surface area contributed by atoms with Crippen molar-refractivity contribution in [2.75, 3.05) is 5.32 Å². The number of carbonyl (C=O) groups is 1. The molecule has 2 heterocycles. The molecule has 0 aliphatic carbocycles. The van der Waals surface area contributed by atoms with Crippen LogP contribution in [0, 0.1) is 32.4 Å². The largest absolute Gasteiger partial charge is 0.323 e. The van der Waals surface area contributed by atoms with Crippen LogP contribution in [0.3, 0.4) is 0 Å². The van der Waals surface area contributed by atoms with Gasteiger partial charge in [0.05, 0.1) is 17.8 Å². The van der Waals surface area contributed by atoms with Crippen LogP contribution in [0.2, 0.25) is 0 Å². The van der Waals surface area contributed by atoms with Crippen molar-refractivity contribution >= 4 is 17.2 Å². The summed E-state index contributed by atoms with van der Waals surface area (Å²) in [6, 6.07) is 12.9. The highest BCUT2D eigenvalue weighted by Crippen LogP contribution is 2.29. The third kappa shape index (κ3) is 3.54. The molecule has 4 aromatic rings. The molecule has 4 rings (SSSR count). The van der Waals surface area contributed by atoms with Crippen molar-refractivity contribution < 1.29 is 13.6 Å². The number of aryl methyl sites for hydroxylation is 3. The highest BCUT2D eigenvalue weighted by molar-refractivity contribution is 5.92. The molecule has 0 radical (unpaired) electrons. The molecule has 1 amide bonds. The van der Waals surface area contributed by atoms with Gasteiger partial charge in [0.1, 0.15) is 11.6 Å². The minimum Gasteiger partial charge on any atom is -0.323 e. The fraction of sp³-hybridized carbons (Fsp3) is 0.174. The Morgan fingerprint density at radius 1 is 1.03 bits per heavy atom. The summed E-state index contributed by atoms with van der Waals surface area (Å²) in [5.74, 6) is -1.93. The van der Waals surface area contributed by atoms with E-state index in [2.05, 4.69) is 10.4 Å². The van der Waals surface area contributed by atoms with Gasteiger partial charge in [0.15, 0.2) is 5.65 Å². The van der Waals surface area contributed by atoms with Gasteiger partial charge in [-0.05, 0) is 38.5 Å². The van der Waals surface area contributed by atoms with Crippen LogP contribution in [0.25, 0.3) is 16.8 Å². The SMILES string of the molecule is Cc1nc2c(-c3ccccc3)c(C)nn2c(C)c1CC(=O)Nc1ccc(F)cc1F.